The molecular formula is C25H26N4O4. The predicted octanol–water partition coefficient (Wildman–Crippen LogP) is 4.66. The van der Waals surface area contributed by atoms with Crippen LogP contribution in [0.1, 0.15) is 31.2 Å². The number of rotatable bonds is 7. The largest absolute Gasteiger partial charge is 0.483 e. The van der Waals surface area contributed by atoms with E-state index in [2.05, 4.69) is 15.4 Å². The lowest BCUT2D eigenvalue weighted by molar-refractivity contribution is -0.384. The number of fused-ring (bicyclic) bond motifs is 1. The summed E-state index contributed by atoms with van der Waals surface area (Å²) in [6.07, 6.45) is 5.98. The van der Waals surface area contributed by atoms with Gasteiger partial charge in [0.15, 0.2) is 6.61 Å². The zero-order valence-electron chi connectivity index (χ0n) is 18.3. The summed E-state index contributed by atoms with van der Waals surface area (Å²) in [5.74, 6) is 0.204. The van der Waals surface area contributed by atoms with E-state index in [9.17, 15) is 14.9 Å². The van der Waals surface area contributed by atoms with Gasteiger partial charge in [-0.25, -0.2) is 5.43 Å². The van der Waals surface area contributed by atoms with Gasteiger partial charge in [0, 0.05) is 41.9 Å². The monoisotopic (exact) mass is 446 g/mol. The number of anilines is 1. The minimum Gasteiger partial charge on any atom is -0.483 e. The van der Waals surface area contributed by atoms with Gasteiger partial charge in [-0.2, -0.15) is 5.10 Å². The fourth-order valence-electron chi connectivity index (χ4n) is 4.03. The molecule has 0 spiro atoms. The Morgan fingerprint density at radius 2 is 1.82 bits per heavy atom. The van der Waals surface area contributed by atoms with Crippen LogP contribution in [-0.2, 0) is 4.79 Å². The molecule has 1 aliphatic rings. The number of benzene rings is 3. The van der Waals surface area contributed by atoms with Crippen molar-refractivity contribution in [1.29, 1.82) is 0 Å². The van der Waals surface area contributed by atoms with Crippen LogP contribution in [0.5, 0.6) is 5.75 Å². The molecule has 0 radical (unpaired) electrons. The summed E-state index contributed by atoms with van der Waals surface area (Å²) >= 11 is 0. The van der Waals surface area contributed by atoms with Gasteiger partial charge >= 0.3 is 0 Å². The van der Waals surface area contributed by atoms with E-state index in [0.717, 1.165) is 42.4 Å². The minimum absolute atomic E-state index is 0.0133. The van der Waals surface area contributed by atoms with Crippen LogP contribution in [0.4, 0.5) is 11.4 Å². The Labute approximate surface area is 192 Å². The Morgan fingerprint density at radius 1 is 1.06 bits per heavy atom. The number of nitrogens with zero attached hydrogens (tertiary/aromatic N) is 3. The molecule has 1 aliphatic heterocycles. The second kappa shape index (κ2) is 10.6. The van der Waals surface area contributed by atoms with E-state index in [1.807, 2.05) is 42.5 Å². The highest BCUT2D eigenvalue weighted by Gasteiger charge is 2.16. The summed E-state index contributed by atoms with van der Waals surface area (Å²) in [5.41, 5.74) is 3.92. The molecule has 1 saturated heterocycles. The highest BCUT2D eigenvalue weighted by atomic mass is 16.6. The van der Waals surface area contributed by atoms with Gasteiger partial charge < -0.3 is 9.64 Å². The molecule has 8 nitrogen and oxygen atoms in total. The topological polar surface area (TPSA) is 97.1 Å². The molecule has 0 aliphatic carbocycles. The van der Waals surface area contributed by atoms with Gasteiger partial charge in [0.1, 0.15) is 5.75 Å². The average Bonchev–Trinajstić information content (AvgIpc) is 3.12. The summed E-state index contributed by atoms with van der Waals surface area (Å²) in [6, 6.07) is 18.2. The van der Waals surface area contributed by atoms with Crippen molar-refractivity contribution in [3.8, 4) is 5.75 Å². The Morgan fingerprint density at radius 3 is 2.61 bits per heavy atom. The van der Waals surface area contributed by atoms with Gasteiger partial charge in [0.2, 0.25) is 0 Å². The number of hydrogen-bond donors (Lipinski definition) is 1. The van der Waals surface area contributed by atoms with Crippen LogP contribution < -0.4 is 15.1 Å². The van der Waals surface area contributed by atoms with Crippen molar-refractivity contribution in [2.45, 2.75) is 25.7 Å². The van der Waals surface area contributed by atoms with Crippen LogP contribution in [-0.4, -0.2) is 36.7 Å². The van der Waals surface area contributed by atoms with Crippen LogP contribution in [0.2, 0.25) is 0 Å². The molecule has 0 atom stereocenters. The SMILES string of the molecule is O=C(COc1cccc2ccccc12)N/N=C/c1cc([N+](=O)[O-])ccc1N1CCCCCC1. The third kappa shape index (κ3) is 5.65. The van der Waals surface area contributed by atoms with Crippen molar-refractivity contribution in [2.75, 3.05) is 24.6 Å². The van der Waals surface area contributed by atoms with Crippen molar-refractivity contribution in [2.24, 2.45) is 5.10 Å². The van der Waals surface area contributed by atoms with Crippen molar-refractivity contribution in [3.63, 3.8) is 0 Å². The van der Waals surface area contributed by atoms with E-state index in [0.29, 0.717) is 11.3 Å². The number of carbonyl (C=O) groups is 1. The second-order valence-electron chi connectivity index (χ2n) is 7.96. The first-order valence-electron chi connectivity index (χ1n) is 11.1. The molecule has 0 bridgehead atoms. The normalized spacial score (nSPS) is 14.2. The lowest BCUT2D eigenvalue weighted by Crippen LogP contribution is -2.26. The number of hydrazone groups is 1. The lowest BCUT2D eigenvalue weighted by atomic mass is 10.1. The molecule has 1 heterocycles. The number of hydrogen-bond acceptors (Lipinski definition) is 6. The molecule has 170 valence electrons. The number of ether oxygens (including phenoxy) is 1. The molecule has 1 amide bonds. The lowest BCUT2D eigenvalue weighted by Gasteiger charge is -2.24. The zero-order chi connectivity index (χ0) is 23.0. The van der Waals surface area contributed by atoms with E-state index in [-0.39, 0.29) is 12.3 Å². The number of nitro benzene ring substituents is 1. The molecule has 4 rings (SSSR count). The van der Waals surface area contributed by atoms with Crippen LogP contribution in [0.15, 0.2) is 65.8 Å². The maximum atomic E-state index is 12.3. The Bertz CT molecular complexity index is 1160. The first-order chi connectivity index (χ1) is 16.1. The Hall–Kier alpha value is -3.94. The average molecular weight is 447 g/mol. The smallest absolute Gasteiger partial charge is 0.277 e. The summed E-state index contributed by atoms with van der Waals surface area (Å²) < 4.78 is 5.68. The van der Waals surface area contributed by atoms with Crippen LogP contribution in [0, 0.1) is 10.1 Å². The second-order valence-corrected chi connectivity index (χ2v) is 7.96. The molecule has 0 aromatic heterocycles. The maximum Gasteiger partial charge on any atom is 0.277 e. The third-order valence-corrected chi connectivity index (χ3v) is 5.67. The summed E-state index contributed by atoms with van der Waals surface area (Å²) in [5, 5.41) is 17.2. The number of amides is 1. The van der Waals surface area contributed by atoms with E-state index in [1.54, 1.807) is 6.07 Å². The Balaban J connectivity index is 1.43. The molecule has 0 saturated carbocycles. The van der Waals surface area contributed by atoms with Crippen molar-refractivity contribution in [1.82, 2.24) is 5.43 Å². The zero-order valence-corrected chi connectivity index (χ0v) is 18.3. The summed E-state index contributed by atoms with van der Waals surface area (Å²) in [4.78, 5) is 25.3. The molecule has 1 fully saturated rings. The van der Waals surface area contributed by atoms with Crippen LogP contribution in [0.3, 0.4) is 0 Å². The fraction of sp³-hybridized carbons (Fsp3) is 0.280. The van der Waals surface area contributed by atoms with Gasteiger partial charge in [-0.3, -0.25) is 14.9 Å². The van der Waals surface area contributed by atoms with Gasteiger partial charge in [-0.1, -0.05) is 49.2 Å². The van der Waals surface area contributed by atoms with E-state index >= 15 is 0 Å². The predicted molar refractivity (Wildman–Crippen MR) is 129 cm³/mol. The summed E-state index contributed by atoms with van der Waals surface area (Å²) in [7, 11) is 0. The van der Waals surface area contributed by atoms with Gasteiger partial charge in [-0.05, 0) is 30.4 Å². The van der Waals surface area contributed by atoms with Crippen molar-refractivity contribution >= 4 is 34.3 Å². The maximum absolute atomic E-state index is 12.3. The standard InChI is InChI=1S/C25H26N4O4/c30-25(18-33-24-11-7-9-19-8-3-4-10-22(19)24)27-26-17-20-16-21(29(31)32)12-13-23(20)28-14-5-1-2-6-15-28/h3-4,7-13,16-17H,1-2,5-6,14-15,18H2,(H,27,30)/b26-17+. The van der Waals surface area contributed by atoms with E-state index < -0.39 is 10.8 Å². The molecule has 8 heteroatoms. The molecule has 0 unspecified atom stereocenters. The molecule has 3 aromatic carbocycles. The molecule has 3 aromatic rings. The van der Waals surface area contributed by atoms with Gasteiger partial charge in [0.25, 0.3) is 11.6 Å². The highest BCUT2D eigenvalue weighted by molar-refractivity contribution is 5.91. The minimum atomic E-state index is -0.430. The number of non-ortho nitro benzene ring substituents is 1. The number of nitro groups is 1. The van der Waals surface area contributed by atoms with Crippen molar-refractivity contribution < 1.29 is 14.5 Å². The van der Waals surface area contributed by atoms with Crippen molar-refractivity contribution in [3.05, 3.63) is 76.3 Å². The number of carbonyl (C=O) groups excluding carboxylic acids is 1. The molecular weight excluding hydrogens is 420 g/mol. The fourth-order valence-corrected chi connectivity index (χ4v) is 4.03. The van der Waals surface area contributed by atoms with Crippen LogP contribution >= 0.6 is 0 Å². The molecule has 33 heavy (non-hydrogen) atoms. The van der Waals surface area contributed by atoms with E-state index in [4.69, 9.17) is 4.74 Å². The van der Waals surface area contributed by atoms with E-state index in [1.165, 1.54) is 31.2 Å². The quantitative estimate of drug-likeness (QED) is 0.323. The summed E-state index contributed by atoms with van der Waals surface area (Å²) in [6.45, 7) is 1.59. The van der Waals surface area contributed by atoms with Crippen LogP contribution in [0.25, 0.3) is 10.8 Å². The van der Waals surface area contributed by atoms with Gasteiger partial charge in [-0.15, -0.1) is 0 Å². The number of nitrogens with one attached hydrogen (secondary N) is 1. The first-order valence-corrected chi connectivity index (χ1v) is 11.1. The first kappa shape index (κ1) is 22.3. The Kier molecular flexibility index (Phi) is 7.14. The van der Waals surface area contributed by atoms with Gasteiger partial charge in [0.05, 0.1) is 11.1 Å². The highest BCUT2D eigenvalue weighted by Crippen LogP contribution is 2.27. The third-order valence-electron chi connectivity index (χ3n) is 5.67. The molecule has 1 N–H and O–H groups in total.